The summed E-state index contributed by atoms with van der Waals surface area (Å²) in [6, 6.07) is 19.4. The van der Waals surface area contributed by atoms with Gasteiger partial charge in [0.2, 0.25) is 0 Å². The number of benzene rings is 2. The smallest absolute Gasteiger partial charge is 0.258 e. The van der Waals surface area contributed by atoms with Crippen molar-refractivity contribution in [2.75, 3.05) is 7.11 Å². The zero-order valence-electron chi connectivity index (χ0n) is 12.1. The van der Waals surface area contributed by atoms with Crippen molar-refractivity contribution in [3.63, 3.8) is 0 Å². The van der Waals surface area contributed by atoms with Crippen molar-refractivity contribution in [3.05, 3.63) is 84.4 Å². The minimum absolute atomic E-state index is 0.206. The summed E-state index contributed by atoms with van der Waals surface area (Å²) in [5, 5.41) is 0. The molecule has 0 spiro atoms. The molecule has 21 heavy (non-hydrogen) atoms. The number of carbonyl (C=O) groups is 1. The van der Waals surface area contributed by atoms with E-state index in [1.807, 2.05) is 60.7 Å². The van der Waals surface area contributed by atoms with Gasteiger partial charge in [-0.05, 0) is 17.5 Å². The number of hydrogen-bond donors (Lipinski definition) is 1. The third-order valence-electron chi connectivity index (χ3n) is 3.57. The fourth-order valence-corrected chi connectivity index (χ4v) is 2.60. The summed E-state index contributed by atoms with van der Waals surface area (Å²) in [4.78, 5) is 17.6. The predicted octanol–water partition coefficient (Wildman–Crippen LogP) is 3.23. The maximum absolute atomic E-state index is 12.8. The van der Waals surface area contributed by atoms with Crippen LogP contribution in [0.2, 0.25) is 0 Å². The van der Waals surface area contributed by atoms with Gasteiger partial charge in [-0.15, -0.1) is 6.58 Å². The molecule has 0 aliphatic rings. The summed E-state index contributed by atoms with van der Waals surface area (Å²) in [7, 11) is 1.44. The molecule has 0 heterocycles. The highest BCUT2D eigenvalue weighted by molar-refractivity contribution is 5.91. The number of allylic oxidation sites excluding steroid dienone is 1. The topological polar surface area (TPSA) is 38.3 Å². The van der Waals surface area contributed by atoms with Gasteiger partial charge in [-0.3, -0.25) is 9.63 Å². The van der Waals surface area contributed by atoms with Crippen LogP contribution in [-0.4, -0.2) is 13.0 Å². The van der Waals surface area contributed by atoms with E-state index in [1.54, 1.807) is 6.08 Å². The van der Waals surface area contributed by atoms with Gasteiger partial charge in [0.15, 0.2) is 0 Å². The lowest BCUT2D eigenvalue weighted by molar-refractivity contribution is -0.135. The molecule has 0 radical (unpaired) electrons. The lowest BCUT2D eigenvalue weighted by Crippen LogP contribution is -2.44. The third-order valence-corrected chi connectivity index (χ3v) is 3.57. The molecule has 108 valence electrons. The van der Waals surface area contributed by atoms with Crippen molar-refractivity contribution >= 4 is 5.91 Å². The molecule has 1 N–H and O–H groups in total. The Bertz CT molecular complexity index is 554. The highest BCUT2D eigenvalue weighted by Gasteiger charge is 2.41. The highest BCUT2D eigenvalue weighted by Crippen LogP contribution is 2.36. The van der Waals surface area contributed by atoms with E-state index in [2.05, 4.69) is 12.1 Å². The van der Waals surface area contributed by atoms with Crippen LogP contribution in [0.15, 0.2) is 73.3 Å². The lowest BCUT2D eigenvalue weighted by atomic mass is 9.71. The Morgan fingerprint density at radius 2 is 1.57 bits per heavy atom. The second kappa shape index (κ2) is 6.86. The summed E-state index contributed by atoms with van der Waals surface area (Å²) in [6.07, 6.45) is 2.24. The van der Waals surface area contributed by atoms with E-state index in [4.69, 9.17) is 4.84 Å². The number of nitrogens with one attached hydrogen (secondary N) is 1. The average Bonchev–Trinajstić information content (AvgIpc) is 2.54. The average molecular weight is 281 g/mol. The molecule has 0 saturated carbocycles. The Morgan fingerprint density at radius 1 is 1.10 bits per heavy atom. The fourth-order valence-electron chi connectivity index (χ4n) is 2.60. The van der Waals surface area contributed by atoms with Crippen LogP contribution in [0.25, 0.3) is 0 Å². The van der Waals surface area contributed by atoms with Crippen LogP contribution < -0.4 is 5.48 Å². The first-order valence-corrected chi connectivity index (χ1v) is 6.81. The van der Waals surface area contributed by atoms with E-state index in [9.17, 15) is 4.79 Å². The Morgan fingerprint density at radius 3 is 1.95 bits per heavy atom. The molecule has 0 aromatic heterocycles. The summed E-state index contributed by atoms with van der Waals surface area (Å²) in [6.45, 7) is 3.82. The van der Waals surface area contributed by atoms with E-state index >= 15 is 0 Å². The van der Waals surface area contributed by atoms with Crippen LogP contribution in [0.3, 0.4) is 0 Å². The van der Waals surface area contributed by atoms with Crippen molar-refractivity contribution in [1.29, 1.82) is 0 Å². The Hall–Kier alpha value is -2.39. The van der Waals surface area contributed by atoms with Gasteiger partial charge in [0.05, 0.1) is 7.11 Å². The number of hydroxylamine groups is 1. The molecule has 0 aliphatic carbocycles. The molecule has 3 nitrogen and oxygen atoms in total. The molecular formula is C18H19NO2. The molecule has 2 rings (SSSR count). The monoisotopic (exact) mass is 281 g/mol. The lowest BCUT2D eigenvalue weighted by Gasteiger charge is -2.32. The minimum atomic E-state index is -0.847. The molecule has 0 aliphatic heterocycles. The zero-order chi connectivity index (χ0) is 15.1. The molecule has 3 heteroatoms. The summed E-state index contributed by atoms with van der Waals surface area (Å²) < 4.78 is 0. The van der Waals surface area contributed by atoms with Gasteiger partial charge in [0.1, 0.15) is 5.41 Å². The van der Waals surface area contributed by atoms with Gasteiger partial charge in [0.25, 0.3) is 5.91 Å². The third kappa shape index (κ3) is 2.88. The predicted molar refractivity (Wildman–Crippen MR) is 83.6 cm³/mol. The molecule has 0 bridgehead atoms. The van der Waals surface area contributed by atoms with Crippen LogP contribution in [0.1, 0.15) is 17.5 Å². The first kappa shape index (κ1) is 15.0. The molecule has 0 unspecified atom stereocenters. The number of rotatable bonds is 6. The first-order chi connectivity index (χ1) is 10.3. The quantitative estimate of drug-likeness (QED) is 0.652. The van der Waals surface area contributed by atoms with Crippen molar-refractivity contribution in [3.8, 4) is 0 Å². The highest BCUT2D eigenvalue weighted by atomic mass is 16.6. The van der Waals surface area contributed by atoms with Crippen LogP contribution >= 0.6 is 0 Å². The normalized spacial score (nSPS) is 10.9. The van der Waals surface area contributed by atoms with Crippen LogP contribution in [0.4, 0.5) is 0 Å². The van der Waals surface area contributed by atoms with E-state index in [0.29, 0.717) is 6.42 Å². The first-order valence-electron chi connectivity index (χ1n) is 6.81. The van der Waals surface area contributed by atoms with Crippen LogP contribution in [0, 0.1) is 0 Å². The fraction of sp³-hybridized carbons (Fsp3) is 0.167. The summed E-state index contributed by atoms with van der Waals surface area (Å²) in [5.74, 6) is -0.206. The largest absolute Gasteiger partial charge is 0.277 e. The van der Waals surface area contributed by atoms with Gasteiger partial charge in [-0.25, -0.2) is 5.48 Å². The maximum atomic E-state index is 12.8. The number of amides is 1. The van der Waals surface area contributed by atoms with Gasteiger partial charge in [-0.2, -0.15) is 0 Å². The molecular weight excluding hydrogens is 262 g/mol. The molecule has 2 aromatic rings. The second-order valence-corrected chi connectivity index (χ2v) is 4.77. The molecule has 0 fully saturated rings. The van der Waals surface area contributed by atoms with Gasteiger partial charge < -0.3 is 0 Å². The Balaban J connectivity index is 2.66. The molecule has 1 amide bonds. The molecule has 0 atom stereocenters. The van der Waals surface area contributed by atoms with E-state index in [1.165, 1.54) is 7.11 Å². The van der Waals surface area contributed by atoms with Crippen molar-refractivity contribution < 1.29 is 9.63 Å². The minimum Gasteiger partial charge on any atom is -0.277 e. The molecule has 2 aromatic carbocycles. The standard InChI is InChI=1S/C18H19NO2/c1-3-14-18(17(20)19-21-2,15-10-6-4-7-11-15)16-12-8-5-9-13-16/h3-13H,1,14H2,2H3,(H,19,20). The number of hydrogen-bond acceptors (Lipinski definition) is 2. The molecule has 0 saturated heterocycles. The number of carbonyl (C=O) groups excluding carboxylic acids is 1. The van der Waals surface area contributed by atoms with Crippen LogP contribution in [-0.2, 0) is 15.0 Å². The van der Waals surface area contributed by atoms with Crippen molar-refractivity contribution in [2.45, 2.75) is 11.8 Å². The van der Waals surface area contributed by atoms with Gasteiger partial charge in [0, 0.05) is 0 Å². The van der Waals surface area contributed by atoms with Crippen molar-refractivity contribution in [1.82, 2.24) is 5.48 Å². The summed E-state index contributed by atoms with van der Waals surface area (Å²) in [5.41, 5.74) is 3.45. The maximum Gasteiger partial charge on any atom is 0.258 e. The summed E-state index contributed by atoms with van der Waals surface area (Å²) >= 11 is 0. The Labute approximate surface area is 125 Å². The van der Waals surface area contributed by atoms with Gasteiger partial charge in [-0.1, -0.05) is 66.7 Å². The van der Waals surface area contributed by atoms with Gasteiger partial charge >= 0.3 is 0 Å². The van der Waals surface area contributed by atoms with Crippen molar-refractivity contribution in [2.24, 2.45) is 0 Å². The SMILES string of the molecule is C=CCC(C(=O)NOC)(c1ccccc1)c1ccccc1. The second-order valence-electron chi connectivity index (χ2n) is 4.77. The van der Waals surface area contributed by atoms with E-state index in [0.717, 1.165) is 11.1 Å². The van der Waals surface area contributed by atoms with E-state index in [-0.39, 0.29) is 5.91 Å². The Kier molecular flexibility index (Phi) is 4.90. The zero-order valence-corrected chi connectivity index (χ0v) is 12.1. The van der Waals surface area contributed by atoms with Crippen LogP contribution in [0.5, 0.6) is 0 Å². The van der Waals surface area contributed by atoms with E-state index < -0.39 is 5.41 Å².